The van der Waals surface area contributed by atoms with E-state index in [1.807, 2.05) is 12.1 Å². The number of hydrogen-bond donors (Lipinski definition) is 2. The van der Waals surface area contributed by atoms with Crippen LogP contribution in [-0.2, 0) is 9.53 Å². The summed E-state index contributed by atoms with van der Waals surface area (Å²) in [6.07, 6.45) is 0. The Hall–Kier alpha value is -1.88. The molecule has 2 unspecified atom stereocenters. The van der Waals surface area contributed by atoms with E-state index in [2.05, 4.69) is 19.2 Å². The van der Waals surface area contributed by atoms with Gasteiger partial charge in [0, 0.05) is 5.56 Å². The molecule has 0 bridgehead atoms. The van der Waals surface area contributed by atoms with Gasteiger partial charge in [0.2, 0.25) is 0 Å². The van der Waals surface area contributed by atoms with Crippen LogP contribution in [0.2, 0.25) is 0 Å². The number of ether oxygens (including phenoxy) is 1. The van der Waals surface area contributed by atoms with Crippen molar-refractivity contribution in [3.05, 3.63) is 35.4 Å². The lowest BCUT2D eigenvalue weighted by Crippen LogP contribution is -2.42. The van der Waals surface area contributed by atoms with Gasteiger partial charge in [0.05, 0.1) is 19.3 Å². The average molecular weight is 277 g/mol. The van der Waals surface area contributed by atoms with Crippen LogP contribution in [-0.4, -0.2) is 36.2 Å². The fraction of sp³-hybridized carbons (Fsp3) is 0.467. The van der Waals surface area contributed by atoms with Crippen molar-refractivity contribution in [1.82, 2.24) is 5.32 Å². The molecular formula is C15H19NO4. The van der Waals surface area contributed by atoms with Gasteiger partial charge in [-0.3, -0.25) is 9.59 Å². The summed E-state index contributed by atoms with van der Waals surface area (Å²) in [7, 11) is 0. The molecule has 20 heavy (non-hydrogen) atoms. The lowest BCUT2D eigenvalue weighted by Gasteiger charge is -2.16. The Bertz CT molecular complexity index is 495. The van der Waals surface area contributed by atoms with Gasteiger partial charge < -0.3 is 15.2 Å². The topological polar surface area (TPSA) is 75.6 Å². The van der Waals surface area contributed by atoms with E-state index in [1.54, 1.807) is 12.1 Å². The van der Waals surface area contributed by atoms with Gasteiger partial charge in [0.1, 0.15) is 5.92 Å². The Morgan fingerprint density at radius 2 is 1.90 bits per heavy atom. The number of nitrogens with one attached hydrogen (secondary N) is 1. The van der Waals surface area contributed by atoms with E-state index in [0.29, 0.717) is 11.5 Å². The molecule has 0 aromatic heterocycles. The molecule has 0 saturated carbocycles. The highest BCUT2D eigenvalue weighted by atomic mass is 16.5. The van der Waals surface area contributed by atoms with E-state index >= 15 is 0 Å². The molecule has 1 fully saturated rings. The molecule has 2 rings (SSSR count). The third-order valence-electron chi connectivity index (χ3n) is 3.55. The molecule has 108 valence electrons. The van der Waals surface area contributed by atoms with E-state index in [0.717, 1.165) is 5.56 Å². The second kappa shape index (κ2) is 6.05. The summed E-state index contributed by atoms with van der Waals surface area (Å²) in [5.74, 6) is -1.47. The van der Waals surface area contributed by atoms with E-state index < -0.39 is 17.9 Å². The first-order valence-electron chi connectivity index (χ1n) is 6.70. The minimum Gasteiger partial charge on any atom is -0.481 e. The number of carboxylic acid groups (broad SMARTS) is 1. The van der Waals surface area contributed by atoms with Crippen molar-refractivity contribution in [2.45, 2.75) is 25.8 Å². The molecule has 1 saturated heterocycles. The maximum Gasteiger partial charge on any atom is 0.311 e. The number of hydrogen-bond acceptors (Lipinski definition) is 3. The maximum absolute atomic E-state index is 12.1. The number of benzene rings is 1. The monoisotopic (exact) mass is 277 g/mol. The Balaban J connectivity index is 2.02. The van der Waals surface area contributed by atoms with E-state index in [1.165, 1.54) is 0 Å². The molecule has 2 N–H and O–H groups in total. The standard InChI is InChI=1S/C15H19NO4/c1-9(2)10-3-5-11(6-4-10)14(17)16-13-8-20-7-12(13)15(18)19/h3-6,9,12-13H,7-8H2,1-2H3,(H,16,17)(H,18,19). The fourth-order valence-electron chi connectivity index (χ4n) is 2.21. The van der Waals surface area contributed by atoms with Gasteiger partial charge >= 0.3 is 5.97 Å². The van der Waals surface area contributed by atoms with E-state index in [9.17, 15) is 9.59 Å². The summed E-state index contributed by atoms with van der Waals surface area (Å²) in [6, 6.07) is 6.88. The fourth-order valence-corrected chi connectivity index (χ4v) is 2.21. The highest BCUT2D eigenvalue weighted by molar-refractivity contribution is 5.94. The number of aliphatic carboxylic acids is 1. The van der Waals surface area contributed by atoms with Crippen LogP contribution >= 0.6 is 0 Å². The third kappa shape index (κ3) is 3.17. The van der Waals surface area contributed by atoms with Crippen molar-refractivity contribution in [2.24, 2.45) is 5.92 Å². The first kappa shape index (κ1) is 14.5. The third-order valence-corrected chi connectivity index (χ3v) is 3.55. The van der Waals surface area contributed by atoms with Crippen LogP contribution in [0.15, 0.2) is 24.3 Å². The molecule has 1 heterocycles. The Morgan fingerprint density at radius 1 is 1.25 bits per heavy atom. The summed E-state index contributed by atoms with van der Waals surface area (Å²) < 4.78 is 5.12. The molecule has 1 amide bonds. The van der Waals surface area contributed by atoms with Crippen LogP contribution in [0.1, 0.15) is 35.7 Å². The molecule has 1 aliphatic rings. The quantitative estimate of drug-likeness (QED) is 0.877. The van der Waals surface area contributed by atoms with Crippen molar-refractivity contribution in [1.29, 1.82) is 0 Å². The summed E-state index contributed by atoms with van der Waals surface area (Å²) in [4.78, 5) is 23.1. The van der Waals surface area contributed by atoms with E-state index in [4.69, 9.17) is 9.84 Å². The largest absolute Gasteiger partial charge is 0.481 e. The molecule has 0 radical (unpaired) electrons. The average Bonchev–Trinajstić information content (AvgIpc) is 2.87. The number of carboxylic acids is 1. The summed E-state index contributed by atoms with van der Waals surface area (Å²) >= 11 is 0. The molecule has 1 aromatic rings. The van der Waals surface area contributed by atoms with Gasteiger partial charge in [-0.05, 0) is 23.6 Å². The molecule has 1 aromatic carbocycles. The zero-order chi connectivity index (χ0) is 14.7. The maximum atomic E-state index is 12.1. The Morgan fingerprint density at radius 3 is 2.45 bits per heavy atom. The summed E-state index contributed by atoms with van der Waals surface area (Å²) in [5.41, 5.74) is 1.69. The van der Waals surface area contributed by atoms with Crippen molar-refractivity contribution >= 4 is 11.9 Å². The van der Waals surface area contributed by atoms with Crippen molar-refractivity contribution < 1.29 is 19.4 Å². The summed E-state index contributed by atoms with van der Waals surface area (Å²) in [5, 5.41) is 11.8. The predicted molar refractivity (Wildman–Crippen MR) is 73.7 cm³/mol. The number of carbonyl (C=O) groups excluding carboxylic acids is 1. The molecule has 5 heteroatoms. The zero-order valence-electron chi connectivity index (χ0n) is 11.6. The summed E-state index contributed by atoms with van der Waals surface area (Å²) in [6.45, 7) is 4.56. The normalized spacial score (nSPS) is 21.9. The number of amides is 1. The van der Waals surface area contributed by atoms with Crippen molar-refractivity contribution in [3.63, 3.8) is 0 Å². The smallest absolute Gasteiger partial charge is 0.311 e. The van der Waals surface area contributed by atoms with Gasteiger partial charge in [0.25, 0.3) is 5.91 Å². The first-order valence-corrected chi connectivity index (χ1v) is 6.70. The highest BCUT2D eigenvalue weighted by Gasteiger charge is 2.35. The lowest BCUT2D eigenvalue weighted by molar-refractivity contribution is -0.142. The molecule has 2 atom stereocenters. The minimum atomic E-state index is -0.942. The molecule has 0 spiro atoms. The molecular weight excluding hydrogens is 258 g/mol. The van der Waals surface area contributed by atoms with Gasteiger partial charge in [-0.2, -0.15) is 0 Å². The van der Waals surface area contributed by atoms with Crippen LogP contribution in [0.5, 0.6) is 0 Å². The van der Waals surface area contributed by atoms with Crippen LogP contribution < -0.4 is 5.32 Å². The Kier molecular flexibility index (Phi) is 4.39. The first-order chi connectivity index (χ1) is 9.49. The SMILES string of the molecule is CC(C)c1ccc(C(=O)NC2COCC2C(=O)O)cc1. The highest BCUT2D eigenvalue weighted by Crippen LogP contribution is 2.17. The number of carbonyl (C=O) groups is 2. The van der Waals surface area contributed by atoms with Gasteiger partial charge in [-0.1, -0.05) is 26.0 Å². The predicted octanol–water partition coefficient (Wildman–Crippen LogP) is 1.64. The van der Waals surface area contributed by atoms with Crippen molar-refractivity contribution in [3.8, 4) is 0 Å². The number of rotatable bonds is 4. The molecule has 5 nitrogen and oxygen atoms in total. The zero-order valence-corrected chi connectivity index (χ0v) is 11.6. The minimum absolute atomic E-state index is 0.145. The second-order valence-corrected chi connectivity index (χ2v) is 5.34. The van der Waals surface area contributed by atoms with Crippen LogP contribution in [0.25, 0.3) is 0 Å². The Labute approximate surface area is 117 Å². The van der Waals surface area contributed by atoms with Gasteiger partial charge in [0.15, 0.2) is 0 Å². The van der Waals surface area contributed by atoms with Crippen LogP contribution in [0, 0.1) is 5.92 Å². The second-order valence-electron chi connectivity index (χ2n) is 5.34. The molecule has 1 aliphatic heterocycles. The van der Waals surface area contributed by atoms with Crippen LogP contribution in [0.3, 0.4) is 0 Å². The van der Waals surface area contributed by atoms with Gasteiger partial charge in [-0.25, -0.2) is 0 Å². The lowest BCUT2D eigenvalue weighted by atomic mass is 10.0. The van der Waals surface area contributed by atoms with E-state index in [-0.39, 0.29) is 19.1 Å². The van der Waals surface area contributed by atoms with Gasteiger partial charge in [-0.15, -0.1) is 0 Å². The van der Waals surface area contributed by atoms with Crippen LogP contribution in [0.4, 0.5) is 0 Å². The molecule has 0 aliphatic carbocycles. The van der Waals surface area contributed by atoms with Crippen molar-refractivity contribution in [2.75, 3.05) is 13.2 Å².